The van der Waals surface area contributed by atoms with E-state index >= 15 is 0 Å². The van der Waals surface area contributed by atoms with Gasteiger partial charge in [-0.3, -0.25) is 14.4 Å². The Morgan fingerprint density at radius 2 is 1.79 bits per heavy atom. The molecule has 0 spiro atoms. The molecule has 1 aromatic rings. The maximum Gasteiger partial charge on any atom is 0.315 e. The fraction of sp³-hybridized carbons (Fsp3) is 0.476. The molecule has 2 aliphatic carbocycles. The van der Waals surface area contributed by atoms with Crippen LogP contribution in [-0.2, 0) is 14.9 Å². The summed E-state index contributed by atoms with van der Waals surface area (Å²) in [5, 5.41) is 0. The van der Waals surface area contributed by atoms with Gasteiger partial charge in [-0.05, 0) is 59.0 Å². The molecule has 0 saturated heterocycles. The Bertz CT molecular complexity index is 952. The summed E-state index contributed by atoms with van der Waals surface area (Å²) in [6.45, 7) is 3.84. The van der Waals surface area contributed by atoms with Crippen LogP contribution in [0.4, 0.5) is 0 Å². The molecular formula is C21H21Br3O5. The number of hydrogen-bond donors (Lipinski definition) is 0. The van der Waals surface area contributed by atoms with Crippen molar-refractivity contribution in [2.45, 2.75) is 42.3 Å². The molecule has 8 heteroatoms. The average molecular weight is 593 g/mol. The van der Waals surface area contributed by atoms with Gasteiger partial charge in [-0.2, -0.15) is 0 Å². The van der Waals surface area contributed by atoms with Gasteiger partial charge in [-0.15, -0.1) is 0 Å². The molecule has 2 aliphatic rings. The van der Waals surface area contributed by atoms with Crippen molar-refractivity contribution in [2.24, 2.45) is 5.41 Å². The zero-order valence-corrected chi connectivity index (χ0v) is 21.3. The van der Waals surface area contributed by atoms with Crippen LogP contribution in [-0.4, -0.2) is 35.5 Å². The molecular weight excluding hydrogens is 572 g/mol. The number of ether oxygens (including phenoxy) is 2. The quantitative estimate of drug-likeness (QED) is 0.264. The minimum absolute atomic E-state index is 0.271. The Morgan fingerprint density at radius 3 is 2.34 bits per heavy atom. The average Bonchev–Trinajstić information content (AvgIpc) is 2.69. The first kappa shape index (κ1) is 22.7. The first-order chi connectivity index (χ1) is 13.5. The lowest BCUT2D eigenvalue weighted by molar-refractivity contribution is -0.151. The molecule has 1 saturated carbocycles. The number of esters is 1. The lowest BCUT2D eigenvalue weighted by atomic mass is 9.54. The van der Waals surface area contributed by atoms with Crippen LogP contribution >= 0.6 is 47.8 Å². The topological polar surface area (TPSA) is 69.7 Å². The van der Waals surface area contributed by atoms with E-state index in [0.29, 0.717) is 33.4 Å². The van der Waals surface area contributed by atoms with Gasteiger partial charge in [0, 0.05) is 16.5 Å². The van der Waals surface area contributed by atoms with E-state index < -0.39 is 14.6 Å². The largest absolute Gasteiger partial charge is 0.497 e. The maximum absolute atomic E-state index is 13.5. The molecule has 0 aromatic heterocycles. The second-order valence-corrected chi connectivity index (χ2v) is 11.6. The molecule has 1 aromatic carbocycles. The molecule has 0 unspecified atom stereocenters. The summed E-state index contributed by atoms with van der Waals surface area (Å²) in [7, 11) is 2.88. The Kier molecular flexibility index (Phi) is 6.20. The Balaban J connectivity index is 2.38. The molecule has 29 heavy (non-hydrogen) atoms. The summed E-state index contributed by atoms with van der Waals surface area (Å²) in [5.41, 5.74) is 0.494. The van der Waals surface area contributed by atoms with Crippen molar-refractivity contribution < 1.29 is 23.9 Å². The number of rotatable bonds is 4. The highest BCUT2D eigenvalue weighted by atomic mass is 79.9. The minimum atomic E-state index is -0.936. The summed E-state index contributed by atoms with van der Waals surface area (Å²) >= 11 is 9.98. The number of alkyl halides is 2. The van der Waals surface area contributed by atoms with Crippen LogP contribution < -0.4 is 4.74 Å². The SMILES string of the molecule is COC(=O)[C@@]1(C)CCC[C@@]2(C)C1=C(Br)C(=O)c1c(C(=O)C(Br)Br)cc(OC)cc12. The lowest BCUT2D eigenvalue weighted by Crippen LogP contribution is -2.48. The number of carbonyl (C=O) groups excluding carboxylic acids is 3. The van der Waals surface area contributed by atoms with Gasteiger partial charge in [0.15, 0.2) is 5.78 Å². The summed E-state index contributed by atoms with van der Waals surface area (Å²) in [6.07, 6.45) is 2.10. The van der Waals surface area contributed by atoms with Crippen molar-refractivity contribution in [1.29, 1.82) is 0 Å². The highest BCUT2D eigenvalue weighted by Crippen LogP contribution is 2.58. The van der Waals surface area contributed by atoms with E-state index in [2.05, 4.69) is 47.8 Å². The van der Waals surface area contributed by atoms with Crippen LogP contribution in [0.3, 0.4) is 0 Å². The second kappa shape index (κ2) is 7.93. The van der Waals surface area contributed by atoms with E-state index in [1.165, 1.54) is 14.2 Å². The number of fused-ring (bicyclic) bond motifs is 3. The van der Waals surface area contributed by atoms with E-state index in [1.807, 2.05) is 19.9 Å². The third-order valence-electron chi connectivity index (χ3n) is 6.14. The van der Waals surface area contributed by atoms with Crippen LogP contribution in [0, 0.1) is 5.41 Å². The monoisotopic (exact) mass is 590 g/mol. The van der Waals surface area contributed by atoms with Crippen molar-refractivity contribution >= 4 is 65.3 Å². The molecule has 0 N–H and O–H groups in total. The van der Waals surface area contributed by atoms with Crippen LogP contribution in [0.5, 0.6) is 5.75 Å². The number of Topliss-reactive ketones (excluding diaryl/α,β-unsaturated/α-hetero) is 2. The zero-order chi connectivity index (χ0) is 21.7. The summed E-state index contributed by atoms with van der Waals surface area (Å²) in [6, 6.07) is 3.40. The number of methoxy groups -OCH3 is 2. The normalized spacial score (nSPS) is 26.1. The third-order valence-corrected chi connectivity index (χ3v) is 7.73. The van der Waals surface area contributed by atoms with Crippen molar-refractivity contribution in [1.82, 2.24) is 0 Å². The van der Waals surface area contributed by atoms with Crippen LogP contribution in [0.15, 0.2) is 22.2 Å². The van der Waals surface area contributed by atoms with Gasteiger partial charge in [-0.25, -0.2) is 0 Å². The Hall–Kier alpha value is -0.990. The number of benzene rings is 1. The van der Waals surface area contributed by atoms with Crippen LogP contribution in [0.25, 0.3) is 0 Å². The summed E-state index contributed by atoms with van der Waals surface area (Å²) in [4.78, 5) is 39.1. The lowest BCUT2D eigenvalue weighted by Gasteiger charge is -2.49. The molecule has 0 radical (unpaired) electrons. The first-order valence-electron chi connectivity index (χ1n) is 9.11. The number of carbonyl (C=O) groups is 3. The minimum Gasteiger partial charge on any atom is -0.497 e. The van der Waals surface area contributed by atoms with Gasteiger partial charge in [0.25, 0.3) is 0 Å². The fourth-order valence-electron chi connectivity index (χ4n) is 4.79. The number of halogens is 3. The molecule has 0 bridgehead atoms. The predicted molar refractivity (Wildman–Crippen MR) is 121 cm³/mol. The summed E-state index contributed by atoms with van der Waals surface area (Å²) < 4.78 is 10.2. The third kappa shape index (κ3) is 3.35. The van der Waals surface area contributed by atoms with E-state index in [-0.39, 0.29) is 23.1 Å². The zero-order valence-electron chi connectivity index (χ0n) is 16.5. The van der Waals surface area contributed by atoms with Gasteiger partial charge < -0.3 is 9.47 Å². The maximum atomic E-state index is 13.5. The highest BCUT2D eigenvalue weighted by molar-refractivity contribution is 9.25. The van der Waals surface area contributed by atoms with Crippen LogP contribution in [0.1, 0.15) is 59.4 Å². The van der Waals surface area contributed by atoms with Gasteiger partial charge in [0.1, 0.15) is 9.49 Å². The van der Waals surface area contributed by atoms with Crippen LogP contribution in [0.2, 0.25) is 0 Å². The Morgan fingerprint density at radius 1 is 1.14 bits per heavy atom. The summed E-state index contributed by atoms with van der Waals surface area (Å²) in [5.74, 6) is -0.458. The van der Waals surface area contributed by atoms with Gasteiger partial charge in [0.2, 0.25) is 5.78 Å². The predicted octanol–water partition coefficient (Wildman–Crippen LogP) is 5.46. The second-order valence-electron chi connectivity index (χ2n) is 7.79. The Labute approximate surface area is 195 Å². The van der Waals surface area contributed by atoms with E-state index in [4.69, 9.17) is 9.47 Å². The molecule has 2 atom stereocenters. The standard InChI is InChI=1S/C21H21Br3O5/c1-20-6-5-7-21(2,19(27)29-4)17(20)14(22)16(26)13-11(15(25)18(23)24)8-10(28-3)9-12(13)20/h8-9,18H,5-7H2,1-4H3/t20-,21+/m1/s1. The number of ketones is 2. The number of hydrogen-bond acceptors (Lipinski definition) is 5. The molecule has 0 aliphatic heterocycles. The smallest absolute Gasteiger partial charge is 0.315 e. The van der Waals surface area contributed by atoms with Crippen molar-refractivity contribution in [2.75, 3.05) is 14.2 Å². The fourth-order valence-corrected chi connectivity index (χ4v) is 6.35. The molecule has 5 nitrogen and oxygen atoms in total. The highest BCUT2D eigenvalue weighted by Gasteiger charge is 2.55. The van der Waals surface area contributed by atoms with E-state index in [9.17, 15) is 14.4 Å². The molecule has 0 amide bonds. The molecule has 3 rings (SSSR count). The van der Waals surface area contributed by atoms with E-state index in [0.717, 1.165) is 12.8 Å². The van der Waals surface area contributed by atoms with Gasteiger partial charge >= 0.3 is 5.97 Å². The van der Waals surface area contributed by atoms with Gasteiger partial charge in [-0.1, -0.05) is 45.2 Å². The van der Waals surface area contributed by atoms with Crippen molar-refractivity contribution in [3.8, 4) is 5.75 Å². The first-order valence-corrected chi connectivity index (χ1v) is 11.7. The van der Waals surface area contributed by atoms with Crippen molar-refractivity contribution in [3.05, 3.63) is 38.9 Å². The molecule has 1 fully saturated rings. The molecule has 156 valence electrons. The molecule has 0 heterocycles. The number of allylic oxidation sites excluding steroid dienone is 1. The van der Waals surface area contributed by atoms with E-state index in [1.54, 1.807) is 6.07 Å². The van der Waals surface area contributed by atoms with Gasteiger partial charge in [0.05, 0.1) is 24.1 Å². The van der Waals surface area contributed by atoms with Crippen molar-refractivity contribution in [3.63, 3.8) is 0 Å².